The van der Waals surface area contributed by atoms with E-state index in [1.54, 1.807) is 32.2 Å². The number of nitrogens with one attached hydrogen (secondary N) is 2. The van der Waals surface area contributed by atoms with Crippen LogP contribution in [0.5, 0.6) is 0 Å². The molecule has 4 aromatic rings. The molecule has 0 unspecified atom stereocenters. The van der Waals surface area contributed by atoms with Gasteiger partial charge in [-0.05, 0) is 47.5 Å². The molecule has 1 aliphatic heterocycles. The Morgan fingerprint density at radius 2 is 1.88 bits per heavy atom. The number of halogens is 1. The SMILES string of the molecule is CC1(C)OC=C(CNC(=O)Nc2cccc(-c3cnc4cc(-c5ccc(F)cc5)ccn34)c2)O1. The number of nitrogens with zero attached hydrogens (tertiary/aromatic N) is 2. The number of amides is 2. The minimum atomic E-state index is -0.713. The molecule has 0 atom stereocenters. The Morgan fingerprint density at radius 1 is 1.06 bits per heavy atom. The van der Waals surface area contributed by atoms with E-state index >= 15 is 0 Å². The summed E-state index contributed by atoms with van der Waals surface area (Å²) in [6, 6.07) is 17.5. The van der Waals surface area contributed by atoms with E-state index in [2.05, 4.69) is 15.6 Å². The van der Waals surface area contributed by atoms with Crippen molar-refractivity contribution in [3.8, 4) is 22.4 Å². The Morgan fingerprint density at radius 3 is 2.65 bits per heavy atom. The molecule has 2 amide bonds. The number of fused-ring (bicyclic) bond motifs is 1. The van der Waals surface area contributed by atoms with Gasteiger partial charge in [-0.1, -0.05) is 24.3 Å². The van der Waals surface area contributed by atoms with Crippen LogP contribution >= 0.6 is 0 Å². The van der Waals surface area contributed by atoms with Gasteiger partial charge in [-0.3, -0.25) is 4.40 Å². The maximum absolute atomic E-state index is 13.2. The predicted octanol–water partition coefficient (Wildman–Crippen LogP) is 5.55. The van der Waals surface area contributed by atoms with E-state index in [-0.39, 0.29) is 18.4 Å². The summed E-state index contributed by atoms with van der Waals surface area (Å²) in [5.74, 6) is -0.424. The van der Waals surface area contributed by atoms with Gasteiger partial charge in [0, 0.05) is 31.3 Å². The van der Waals surface area contributed by atoms with Crippen molar-refractivity contribution in [1.29, 1.82) is 0 Å². The van der Waals surface area contributed by atoms with Crippen LogP contribution in [0.15, 0.2) is 85.1 Å². The van der Waals surface area contributed by atoms with Gasteiger partial charge in [-0.2, -0.15) is 0 Å². The van der Waals surface area contributed by atoms with E-state index < -0.39 is 5.79 Å². The minimum Gasteiger partial charge on any atom is -0.457 e. The summed E-state index contributed by atoms with van der Waals surface area (Å²) in [6.45, 7) is 3.82. The molecule has 2 N–H and O–H groups in total. The Bertz CT molecular complexity index is 1390. The lowest BCUT2D eigenvalue weighted by atomic mass is 10.1. The fourth-order valence-corrected chi connectivity index (χ4v) is 3.76. The second kappa shape index (κ2) is 8.55. The molecule has 8 heteroatoms. The second-order valence-electron chi connectivity index (χ2n) is 8.39. The van der Waals surface area contributed by atoms with Crippen molar-refractivity contribution in [2.45, 2.75) is 19.6 Å². The molecule has 7 nitrogen and oxygen atoms in total. The van der Waals surface area contributed by atoms with E-state index in [1.807, 2.05) is 47.0 Å². The highest BCUT2D eigenvalue weighted by Gasteiger charge is 2.27. The maximum atomic E-state index is 13.2. The van der Waals surface area contributed by atoms with Crippen molar-refractivity contribution in [3.05, 3.63) is 90.9 Å². The molecule has 0 saturated carbocycles. The number of ether oxygens (including phenoxy) is 2. The molecule has 34 heavy (non-hydrogen) atoms. The third kappa shape index (κ3) is 4.56. The molecule has 2 aromatic heterocycles. The topological polar surface area (TPSA) is 76.9 Å². The number of benzene rings is 2. The lowest BCUT2D eigenvalue weighted by Gasteiger charge is -2.18. The fraction of sp³-hybridized carbons (Fsp3) is 0.154. The van der Waals surface area contributed by atoms with Crippen molar-refractivity contribution >= 4 is 17.4 Å². The van der Waals surface area contributed by atoms with Gasteiger partial charge in [-0.25, -0.2) is 14.2 Å². The van der Waals surface area contributed by atoms with Gasteiger partial charge in [0.2, 0.25) is 5.79 Å². The number of hydrogen-bond acceptors (Lipinski definition) is 4. The van der Waals surface area contributed by atoms with Crippen LogP contribution in [-0.2, 0) is 9.47 Å². The molecule has 0 aliphatic carbocycles. The van der Waals surface area contributed by atoms with E-state index in [0.29, 0.717) is 11.4 Å². The highest BCUT2D eigenvalue weighted by molar-refractivity contribution is 5.90. The van der Waals surface area contributed by atoms with Crippen LogP contribution in [0.3, 0.4) is 0 Å². The van der Waals surface area contributed by atoms with Gasteiger partial charge in [0.15, 0.2) is 5.76 Å². The van der Waals surface area contributed by atoms with Crippen molar-refractivity contribution in [1.82, 2.24) is 14.7 Å². The first-order chi connectivity index (χ1) is 16.4. The van der Waals surface area contributed by atoms with Gasteiger partial charge < -0.3 is 20.1 Å². The molecular weight excluding hydrogens is 435 g/mol. The summed E-state index contributed by atoms with van der Waals surface area (Å²) in [6.07, 6.45) is 5.23. The largest absolute Gasteiger partial charge is 0.457 e. The van der Waals surface area contributed by atoms with Crippen molar-refractivity contribution < 1.29 is 18.7 Å². The van der Waals surface area contributed by atoms with Crippen LogP contribution in [0.4, 0.5) is 14.9 Å². The monoisotopic (exact) mass is 458 g/mol. The van der Waals surface area contributed by atoms with E-state index in [1.165, 1.54) is 18.4 Å². The van der Waals surface area contributed by atoms with Crippen molar-refractivity contribution in [3.63, 3.8) is 0 Å². The quantitative estimate of drug-likeness (QED) is 0.411. The molecule has 0 radical (unpaired) electrons. The number of hydrogen-bond donors (Lipinski definition) is 2. The molecule has 2 aromatic carbocycles. The lowest BCUT2D eigenvalue weighted by molar-refractivity contribution is -0.116. The first-order valence-electron chi connectivity index (χ1n) is 10.8. The zero-order valence-corrected chi connectivity index (χ0v) is 18.7. The summed E-state index contributed by atoms with van der Waals surface area (Å²) in [7, 11) is 0. The van der Waals surface area contributed by atoms with Crippen LogP contribution < -0.4 is 10.6 Å². The molecule has 172 valence electrons. The van der Waals surface area contributed by atoms with Gasteiger partial charge >= 0.3 is 6.03 Å². The third-order valence-corrected chi connectivity index (χ3v) is 5.38. The molecule has 0 spiro atoms. The standard InChI is InChI=1S/C26H23FN4O3/c1-26(2)33-16-22(34-26)14-29-25(32)30-21-5-3-4-19(12-21)23-15-28-24-13-18(10-11-31(23)24)17-6-8-20(27)9-7-17/h3-13,15-16H,14H2,1-2H3,(H2,29,30,32). The normalized spacial score (nSPS) is 14.3. The van der Waals surface area contributed by atoms with Gasteiger partial charge in [0.1, 0.15) is 17.7 Å². The summed E-state index contributed by atoms with van der Waals surface area (Å²) >= 11 is 0. The molecule has 5 rings (SSSR count). The highest BCUT2D eigenvalue weighted by Crippen LogP contribution is 2.27. The minimum absolute atomic E-state index is 0.221. The number of carbonyl (C=O) groups excluding carboxylic acids is 1. The Labute approximate surface area is 195 Å². The van der Waals surface area contributed by atoms with Crippen molar-refractivity contribution in [2.75, 3.05) is 11.9 Å². The summed E-state index contributed by atoms with van der Waals surface area (Å²) in [5.41, 5.74) is 5.06. The average Bonchev–Trinajstić information content (AvgIpc) is 3.40. The molecular formula is C26H23FN4O3. The molecule has 1 aliphatic rings. The molecule has 3 heterocycles. The third-order valence-electron chi connectivity index (χ3n) is 5.38. The van der Waals surface area contributed by atoms with Crippen LogP contribution in [0.2, 0.25) is 0 Å². The van der Waals surface area contributed by atoms with Gasteiger partial charge in [-0.15, -0.1) is 0 Å². The van der Waals surface area contributed by atoms with Gasteiger partial charge in [0.25, 0.3) is 0 Å². The molecule has 0 saturated heterocycles. The fourth-order valence-electron chi connectivity index (χ4n) is 3.76. The van der Waals surface area contributed by atoms with Crippen LogP contribution in [0.1, 0.15) is 13.8 Å². The number of pyridine rings is 1. The molecule has 0 fully saturated rings. The van der Waals surface area contributed by atoms with Crippen molar-refractivity contribution in [2.24, 2.45) is 0 Å². The van der Waals surface area contributed by atoms with E-state index in [4.69, 9.17) is 9.47 Å². The Hall–Kier alpha value is -4.33. The zero-order chi connectivity index (χ0) is 23.7. The smallest absolute Gasteiger partial charge is 0.319 e. The predicted molar refractivity (Wildman–Crippen MR) is 127 cm³/mol. The number of rotatable bonds is 5. The molecule has 0 bridgehead atoms. The van der Waals surface area contributed by atoms with Crippen LogP contribution in [0.25, 0.3) is 28.0 Å². The first kappa shape index (κ1) is 21.5. The number of carbonyl (C=O) groups is 1. The van der Waals surface area contributed by atoms with E-state index in [9.17, 15) is 9.18 Å². The number of aromatic nitrogens is 2. The van der Waals surface area contributed by atoms with Gasteiger partial charge in [0.05, 0.1) is 18.4 Å². The number of imidazole rings is 1. The number of urea groups is 1. The Kier molecular flexibility index (Phi) is 5.41. The zero-order valence-electron chi connectivity index (χ0n) is 18.7. The van der Waals surface area contributed by atoms with Crippen LogP contribution in [0, 0.1) is 5.82 Å². The van der Waals surface area contributed by atoms with Crippen LogP contribution in [-0.4, -0.2) is 27.7 Å². The summed E-state index contributed by atoms with van der Waals surface area (Å²) in [4.78, 5) is 16.9. The first-order valence-corrected chi connectivity index (χ1v) is 10.8. The number of anilines is 1. The van der Waals surface area contributed by atoms with E-state index in [0.717, 1.165) is 28.0 Å². The Balaban J connectivity index is 1.30. The maximum Gasteiger partial charge on any atom is 0.319 e. The summed E-state index contributed by atoms with van der Waals surface area (Å²) < 4.78 is 26.1. The lowest BCUT2D eigenvalue weighted by Crippen LogP contribution is -2.31. The average molecular weight is 458 g/mol. The summed E-state index contributed by atoms with van der Waals surface area (Å²) in [5, 5.41) is 5.59. The highest BCUT2D eigenvalue weighted by atomic mass is 19.1. The second-order valence-corrected chi connectivity index (χ2v) is 8.39.